The third-order valence-electron chi connectivity index (χ3n) is 6.64. The van der Waals surface area contributed by atoms with Crippen molar-refractivity contribution in [1.82, 2.24) is 0 Å². The van der Waals surface area contributed by atoms with Crippen molar-refractivity contribution in [2.24, 2.45) is 5.92 Å². The Bertz CT molecular complexity index is 1730. The van der Waals surface area contributed by atoms with E-state index in [1.54, 1.807) is 0 Å². The smallest absolute Gasteiger partial charge is 0.429 e. The number of alkyl halides is 2. The minimum absolute atomic E-state index is 0.0461. The molecule has 0 aliphatic heterocycles. The molecule has 0 aromatic heterocycles. The van der Waals surface area contributed by atoms with E-state index < -0.39 is 58.2 Å². The second kappa shape index (κ2) is 13.8. The summed E-state index contributed by atoms with van der Waals surface area (Å²) >= 11 is 0. The molecule has 3 aromatic carbocycles. The van der Waals surface area contributed by atoms with Crippen molar-refractivity contribution in [2.45, 2.75) is 45.1 Å². The summed E-state index contributed by atoms with van der Waals surface area (Å²) in [6, 6.07) is 6.17. The minimum Gasteiger partial charge on any atom is -0.429 e. The summed E-state index contributed by atoms with van der Waals surface area (Å²) in [4.78, 5) is 0. The number of hydrogen-bond acceptors (Lipinski definition) is 1. The molecule has 44 heavy (non-hydrogen) atoms. The molecular weight excluding hydrogens is 595 g/mol. The first-order chi connectivity index (χ1) is 20.9. The first-order valence-corrected chi connectivity index (χ1v) is 13.5. The summed E-state index contributed by atoms with van der Waals surface area (Å²) in [5, 5.41) is 0. The van der Waals surface area contributed by atoms with Crippen LogP contribution in [0.2, 0.25) is 0 Å². The standard InChI is InChI=1S/C34H23F9O/c1-2-3-4-5-22-16-28(36)25(29(37)17-22)12-8-20-6-10-23(27(35)14-20)11-7-21-9-13-26(30(38)15-21)34(42,43)44-24-18-31(39)33(41)32(40)19-24/h6,9-10,13-16,18-19,22H,2-5,17H2,1H3. The molecule has 0 heterocycles. The summed E-state index contributed by atoms with van der Waals surface area (Å²) in [6.07, 6.45) is 0.509. The van der Waals surface area contributed by atoms with Crippen molar-refractivity contribution in [3.63, 3.8) is 0 Å². The molecule has 1 unspecified atom stereocenters. The summed E-state index contributed by atoms with van der Waals surface area (Å²) in [5.41, 5.74) is -1.84. The SMILES string of the molecule is CCCCCC1C=C(F)C(C#Cc2ccc(C#Cc3ccc(C(F)(F)Oc4cc(F)c(F)c(F)c4)c(F)c3)c(F)c2)=C(F)C1. The monoisotopic (exact) mass is 618 g/mol. The molecule has 1 aliphatic rings. The molecule has 4 rings (SSSR count). The lowest BCUT2D eigenvalue weighted by Gasteiger charge is -2.19. The van der Waals surface area contributed by atoms with Crippen molar-refractivity contribution >= 4 is 0 Å². The lowest BCUT2D eigenvalue weighted by Crippen LogP contribution is -2.23. The third-order valence-corrected chi connectivity index (χ3v) is 6.64. The molecule has 1 atom stereocenters. The molecule has 10 heteroatoms. The van der Waals surface area contributed by atoms with Gasteiger partial charge in [-0.2, -0.15) is 8.78 Å². The van der Waals surface area contributed by atoms with Crippen molar-refractivity contribution < 1.29 is 44.3 Å². The lowest BCUT2D eigenvalue weighted by molar-refractivity contribution is -0.187. The molecule has 0 saturated heterocycles. The first-order valence-electron chi connectivity index (χ1n) is 13.5. The van der Waals surface area contributed by atoms with E-state index in [1.807, 2.05) is 6.92 Å². The van der Waals surface area contributed by atoms with Gasteiger partial charge in [-0.05, 0) is 54.8 Å². The van der Waals surface area contributed by atoms with Crippen LogP contribution < -0.4 is 4.74 Å². The van der Waals surface area contributed by atoms with Crippen molar-refractivity contribution in [3.8, 4) is 29.4 Å². The Kier molecular flexibility index (Phi) is 10.2. The average molecular weight is 619 g/mol. The number of unbranched alkanes of at least 4 members (excludes halogenated alkanes) is 2. The zero-order valence-electron chi connectivity index (χ0n) is 23.1. The highest BCUT2D eigenvalue weighted by Gasteiger charge is 2.38. The fraction of sp³-hybridized carbons (Fsp3) is 0.235. The quantitative estimate of drug-likeness (QED) is 0.111. The second-order valence-corrected chi connectivity index (χ2v) is 9.96. The van der Waals surface area contributed by atoms with Gasteiger partial charge < -0.3 is 4.74 Å². The Morgan fingerprint density at radius 1 is 0.750 bits per heavy atom. The number of benzene rings is 3. The van der Waals surface area contributed by atoms with Gasteiger partial charge in [0.05, 0.1) is 11.1 Å². The van der Waals surface area contributed by atoms with Gasteiger partial charge in [-0.3, -0.25) is 0 Å². The van der Waals surface area contributed by atoms with Crippen LogP contribution in [-0.4, -0.2) is 0 Å². The van der Waals surface area contributed by atoms with Crippen molar-refractivity contribution in [3.05, 3.63) is 123 Å². The van der Waals surface area contributed by atoms with Crippen LogP contribution in [0.5, 0.6) is 5.75 Å². The Morgan fingerprint density at radius 3 is 2.00 bits per heavy atom. The van der Waals surface area contributed by atoms with E-state index in [4.69, 9.17) is 0 Å². The van der Waals surface area contributed by atoms with Gasteiger partial charge in [0.2, 0.25) is 0 Å². The zero-order valence-corrected chi connectivity index (χ0v) is 23.1. The maximum atomic E-state index is 14.7. The van der Waals surface area contributed by atoms with Crippen LogP contribution in [0.15, 0.2) is 71.8 Å². The fourth-order valence-electron chi connectivity index (χ4n) is 4.37. The van der Waals surface area contributed by atoms with E-state index in [2.05, 4.69) is 28.4 Å². The Labute approximate surface area is 248 Å². The van der Waals surface area contributed by atoms with Gasteiger partial charge in [-0.15, -0.1) is 0 Å². The predicted octanol–water partition coefficient (Wildman–Crippen LogP) is 9.94. The third kappa shape index (κ3) is 7.87. The van der Waals surface area contributed by atoms with E-state index in [-0.39, 0.29) is 46.7 Å². The Hall–Kier alpha value is -4.57. The van der Waals surface area contributed by atoms with Crippen LogP contribution >= 0.6 is 0 Å². The van der Waals surface area contributed by atoms with Gasteiger partial charge in [0.15, 0.2) is 17.5 Å². The molecule has 0 radical (unpaired) electrons. The van der Waals surface area contributed by atoms with E-state index in [0.717, 1.165) is 31.4 Å². The van der Waals surface area contributed by atoms with Crippen LogP contribution in [-0.2, 0) is 6.11 Å². The summed E-state index contributed by atoms with van der Waals surface area (Å²) in [7, 11) is 0. The number of allylic oxidation sites excluding steroid dienone is 4. The molecule has 1 aliphatic carbocycles. The molecule has 228 valence electrons. The molecule has 3 aromatic rings. The van der Waals surface area contributed by atoms with E-state index in [0.29, 0.717) is 18.6 Å². The van der Waals surface area contributed by atoms with E-state index in [9.17, 15) is 39.5 Å². The maximum absolute atomic E-state index is 14.7. The van der Waals surface area contributed by atoms with E-state index in [1.165, 1.54) is 18.2 Å². The van der Waals surface area contributed by atoms with Gasteiger partial charge in [0, 0.05) is 29.7 Å². The highest BCUT2D eigenvalue weighted by Crippen LogP contribution is 2.35. The van der Waals surface area contributed by atoms with E-state index >= 15 is 0 Å². The molecule has 0 saturated carbocycles. The fourth-order valence-corrected chi connectivity index (χ4v) is 4.37. The van der Waals surface area contributed by atoms with Crippen LogP contribution in [0.4, 0.5) is 39.5 Å². The summed E-state index contributed by atoms with van der Waals surface area (Å²) in [6.45, 7) is 2.04. The van der Waals surface area contributed by atoms with Crippen molar-refractivity contribution in [1.29, 1.82) is 0 Å². The second-order valence-electron chi connectivity index (χ2n) is 9.96. The molecule has 0 bridgehead atoms. The molecule has 0 fully saturated rings. The van der Waals surface area contributed by atoms with Crippen LogP contribution in [0.3, 0.4) is 0 Å². The lowest BCUT2D eigenvalue weighted by atomic mass is 9.90. The predicted molar refractivity (Wildman–Crippen MR) is 146 cm³/mol. The number of halogens is 9. The molecule has 0 N–H and O–H groups in total. The molecule has 0 spiro atoms. The van der Waals surface area contributed by atoms with Crippen molar-refractivity contribution in [2.75, 3.05) is 0 Å². The average Bonchev–Trinajstić information content (AvgIpc) is 2.95. The van der Waals surface area contributed by atoms with Gasteiger partial charge >= 0.3 is 6.11 Å². The topological polar surface area (TPSA) is 9.23 Å². The molecule has 0 amide bonds. The molecule has 1 nitrogen and oxygen atoms in total. The highest BCUT2D eigenvalue weighted by molar-refractivity contribution is 5.52. The maximum Gasteiger partial charge on any atom is 0.429 e. The number of rotatable bonds is 7. The first kappa shape index (κ1) is 32.3. The van der Waals surface area contributed by atoms with Gasteiger partial charge in [-0.1, -0.05) is 49.9 Å². The Morgan fingerprint density at radius 2 is 1.39 bits per heavy atom. The van der Waals surface area contributed by atoms with Gasteiger partial charge in [-0.25, -0.2) is 30.7 Å². The minimum atomic E-state index is -4.40. The van der Waals surface area contributed by atoms with Crippen LogP contribution in [0.25, 0.3) is 0 Å². The largest absolute Gasteiger partial charge is 0.429 e. The number of ether oxygens (including phenoxy) is 1. The van der Waals surface area contributed by atoms with Crippen LogP contribution in [0, 0.1) is 58.7 Å². The molecular formula is C34H23F9O. The van der Waals surface area contributed by atoms with Gasteiger partial charge in [0.25, 0.3) is 0 Å². The number of hydrogen-bond donors (Lipinski definition) is 0. The zero-order chi connectivity index (χ0) is 32.0. The summed E-state index contributed by atoms with van der Waals surface area (Å²) in [5.74, 6) is -0.716. The van der Waals surface area contributed by atoms with Crippen LogP contribution in [0.1, 0.15) is 61.3 Å². The summed E-state index contributed by atoms with van der Waals surface area (Å²) < 4.78 is 131. The van der Waals surface area contributed by atoms with Gasteiger partial charge in [0.1, 0.15) is 34.6 Å². The Balaban J connectivity index is 1.46. The highest BCUT2D eigenvalue weighted by atomic mass is 19.3. The normalized spacial score (nSPS) is 14.8.